The molecule has 2 aromatic rings. The largest absolute Gasteiger partial charge is 0.481 e. The zero-order chi connectivity index (χ0) is 15.1. The Morgan fingerprint density at radius 3 is 2.52 bits per heavy atom. The Balaban J connectivity index is 2.09. The van der Waals surface area contributed by atoms with E-state index in [2.05, 4.69) is 4.98 Å². The second-order valence-electron chi connectivity index (χ2n) is 4.80. The van der Waals surface area contributed by atoms with Gasteiger partial charge in [0.1, 0.15) is 0 Å². The van der Waals surface area contributed by atoms with E-state index in [1.165, 1.54) is 5.56 Å². The van der Waals surface area contributed by atoms with Crippen LogP contribution in [0.25, 0.3) is 0 Å². The highest BCUT2D eigenvalue weighted by atomic mass is 16.4. The van der Waals surface area contributed by atoms with Gasteiger partial charge in [-0.2, -0.15) is 0 Å². The number of nitrogens with zero attached hydrogens (tertiary/aromatic N) is 2. The van der Waals surface area contributed by atoms with Gasteiger partial charge in [0, 0.05) is 25.5 Å². The molecule has 0 radical (unpaired) electrons. The molecule has 0 spiro atoms. The first-order chi connectivity index (χ1) is 10.2. The fraction of sp³-hybridized carbons (Fsp3) is 0.250. The number of aliphatic carboxylic acids is 1. The molecule has 110 valence electrons. The van der Waals surface area contributed by atoms with Crippen molar-refractivity contribution in [1.82, 2.24) is 4.98 Å². The molecule has 0 aliphatic carbocycles. The minimum absolute atomic E-state index is 0.0880. The summed E-state index contributed by atoms with van der Waals surface area (Å²) in [6.07, 6.45) is 4.42. The summed E-state index contributed by atoms with van der Waals surface area (Å²) in [6.45, 7) is 1.15. The number of hydrogen-bond donors (Lipinski definition) is 2. The topological polar surface area (TPSA) is 79.5 Å². The quantitative estimate of drug-likeness (QED) is 0.762. The van der Waals surface area contributed by atoms with Gasteiger partial charge < -0.3 is 15.7 Å². The molecule has 5 nitrogen and oxygen atoms in total. The Hall–Kier alpha value is -2.56. The summed E-state index contributed by atoms with van der Waals surface area (Å²) in [7, 11) is 0. The number of aromatic nitrogens is 1. The van der Waals surface area contributed by atoms with Crippen molar-refractivity contribution in [2.24, 2.45) is 0 Å². The standard InChI is InChI=1S/C16H19N3O2/c17-14-3-1-2-4-15(14)19(12-8-16(20)21)11-7-13-5-9-18-10-6-13/h1-6,9-10H,7-8,11-12,17H2,(H,20,21). The van der Waals surface area contributed by atoms with Crippen molar-refractivity contribution < 1.29 is 9.90 Å². The number of para-hydroxylation sites is 2. The van der Waals surface area contributed by atoms with Crippen molar-refractivity contribution in [2.75, 3.05) is 23.7 Å². The summed E-state index contributed by atoms with van der Waals surface area (Å²) in [4.78, 5) is 16.8. The first-order valence-electron chi connectivity index (χ1n) is 6.87. The van der Waals surface area contributed by atoms with Crippen molar-refractivity contribution in [3.05, 3.63) is 54.4 Å². The molecule has 5 heteroatoms. The molecule has 2 rings (SSSR count). The van der Waals surface area contributed by atoms with Crippen LogP contribution in [0.4, 0.5) is 11.4 Å². The maximum Gasteiger partial charge on any atom is 0.305 e. The Morgan fingerprint density at radius 1 is 1.14 bits per heavy atom. The minimum Gasteiger partial charge on any atom is -0.481 e. The van der Waals surface area contributed by atoms with Crippen LogP contribution >= 0.6 is 0 Å². The minimum atomic E-state index is -0.807. The average molecular weight is 285 g/mol. The van der Waals surface area contributed by atoms with Crippen LogP contribution < -0.4 is 10.6 Å². The number of benzene rings is 1. The van der Waals surface area contributed by atoms with Gasteiger partial charge in [0.05, 0.1) is 17.8 Å². The third kappa shape index (κ3) is 4.49. The van der Waals surface area contributed by atoms with Gasteiger partial charge in [0.2, 0.25) is 0 Å². The SMILES string of the molecule is Nc1ccccc1N(CCC(=O)O)CCc1ccncc1. The lowest BCUT2D eigenvalue weighted by Gasteiger charge is -2.25. The van der Waals surface area contributed by atoms with Crippen LogP contribution in [0.5, 0.6) is 0 Å². The highest BCUT2D eigenvalue weighted by molar-refractivity contribution is 5.70. The predicted octanol–water partition coefficient (Wildman–Crippen LogP) is 2.19. The molecule has 0 aliphatic heterocycles. The second-order valence-corrected chi connectivity index (χ2v) is 4.80. The number of rotatable bonds is 7. The molecule has 0 atom stereocenters. The van der Waals surface area contributed by atoms with Crippen molar-refractivity contribution in [1.29, 1.82) is 0 Å². The Labute approximate surface area is 124 Å². The van der Waals surface area contributed by atoms with Gasteiger partial charge in [-0.25, -0.2) is 0 Å². The van der Waals surface area contributed by atoms with E-state index in [0.29, 0.717) is 18.8 Å². The lowest BCUT2D eigenvalue weighted by Crippen LogP contribution is -2.29. The maximum absolute atomic E-state index is 10.8. The molecule has 1 heterocycles. The van der Waals surface area contributed by atoms with Gasteiger partial charge in [0.15, 0.2) is 0 Å². The number of pyridine rings is 1. The Morgan fingerprint density at radius 2 is 1.86 bits per heavy atom. The van der Waals surface area contributed by atoms with E-state index in [-0.39, 0.29) is 6.42 Å². The molecule has 21 heavy (non-hydrogen) atoms. The maximum atomic E-state index is 10.8. The second kappa shape index (κ2) is 7.28. The molecule has 0 amide bonds. The molecule has 1 aromatic carbocycles. The van der Waals surface area contributed by atoms with E-state index >= 15 is 0 Å². The number of carboxylic acids is 1. The van der Waals surface area contributed by atoms with Gasteiger partial charge in [-0.1, -0.05) is 12.1 Å². The number of carboxylic acid groups (broad SMARTS) is 1. The van der Waals surface area contributed by atoms with Gasteiger partial charge in [0.25, 0.3) is 0 Å². The van der Waals surface area contributed by atoms with Crippen molar-refractivity contribution >= 4 is 17.3 Å². The highest BCUT2D eigenvalue weighted by Gasteiger charge is 2.11. The predicted molar refractivity (Wildman–Crippen MR) is 83.3 cm³/mol. The molecular formula is C16H19N3O2. The molecular weight excluding hydrogens is 266 g/mol. The fourth-order valence-corrected chi connectivity index (χ4v) is 2.17. The van der Waals surface area contributed by atoms with Gasteiger partial charge in [-0.05, 0) is 36.2 Å². The summed E-state index contributed by atoms with van der Waals surface area (Å²) >= 11 is 0. The first-order valence-corrected chi connectivity index (χ1v) is 6.87. The smallest absolute Gasteiger partial charge is 0.305 e. The van der Waals surface area contributed by atoms with Crippen molar-refractivity contribution in [3.8, 4) is 0 Å². The van der Waals surface area contributed by atoms with E-state index < -0.39 is 5.97 Å². The summed E-state index contributed by atoms with van der Waals surface area (Å²) in [5, 5.41) is 8.90. The first kappa shape index (κ1) is 14.8. The van der Waals surface area contributed by atoms with Gasteiger partial charge in [-0.15, -0.1) is 0 Å². The van der Waals surface area contributed by atoms with Crippen LogP contribution in [0.3, 0.4) is 0 Å². The van der Waals surface area contributed by atoms with E-state index in [0.717, 1.165) is 12.1 Å². The Kier molecular flexibility index (Phi) is 5.15. The molecule has 0 bridgehead atoms. The number of anilines is 2. The molecule has 0 fully saturated rings. The molecule has 3 N–H and O–H groups in total. The van der Waals surface area contributed by atoms with Crippen LogP contribution in [-0.2, 0) is 11.2 Å². The number of carbonyl (C=O) groups is 1. The van der Waals surface area contributed by atoms with Crippen molar-refractivity contribution in [3.63, 3.8) is 0 Å². The highest BCUT2D eigenvalue weighted by Crippen LogP contribution is 2.23. The average Bonchev–Trinajstić information content (AvgIpc) is 2.49. The van der Waals surface area contributed by atoms with Crippen LogP contribution in [0.1, 0.15) is 12.0 Å². The zero-order valence-electron chi connectivity index (χ0n) is 11.8. The number of nitrogens with two attached hydrogens (primary N) is 1. The van der Waals surface area contributed by atoms with E-state index in [4.69, 9.17) is 10.8 Å². The van der Waals surface area contributed by atoms with Crippen LogP contribution in [-0.4, -0.2) is 29.1 Å². The summed E-state index contributed by atoms with van der Waals surface area (Å²) in [5.74, 6) is -0.807. The summed E-state index contributed by atoms with van der Waals surface area (Å²) in [5.41, 5.74) is 8.71. The number of hydrogen-bond acceptors (Lipinski definition) is 4. The lowest BCUT2D eigenvalue weighted by molar-refractivity contribution is -0.136. The third-order valence-corrected chi connectivity index (χ3v) is 3.29. The molecule has 0 unspecified atom stereocenters. The number of nitrogen functional groups attached to an aromatic ring is 1. The van der Waals surface area contributed by atoms with Gasteiger partial charge >= 0.3 is 5.97 Å². The Bertz CT molecular complexity index is 587. The van der Waals surface area contributed by atoms with Crippen LogP contribution in [0.15, 0.2) is 48.8 Å². The lowest BCUT2D eigenvalue weighted by atomic mass is 10.1. The molecule has 0 aliphatic rings. The zero-order valence-corrected chi connectivity index (χ0v) is 11.8. The van der Waals surface area contributed by atoms with Crippen molar-refractivity contribution in [2.45, 2.75) is 12.8 Å². The van der Waals surface area contributed by atoms with E-state index in [9.17, 15) is 4.79 Å². The summed E-state index contributed by atoms with van der Waals surface area (Å²) < 4.78 is 0. The fourth-order valence-electron chi connectivity index (χ4n) is 2.17. The van der Waals surface area contributed by atoms with Gasteiger partial charge in [-0.3, -0.25) is 9.78 Å². The molecule has 0 saturated carbocycles. The van der Waals surface area contributed by atoms with Crippen LogP contribution in [0, 0.1) is 0 Å². The third-order valence-electron chi connectivity index (χ3n) is 3.29. The molecule has 0 saturated heterocycles. The normalized spacial score (nSPS) is 10.3. The molecule has 1 aromatic heterocycles. The summed E-state index contributed by atoms with van der Waals surface area (Å²) in [6, 6.07) is 11.5. The van der Waals surface area contributed by atoms with E-state index in [1.807, 2.05) is 41.3 Å². The monoisotopic (exact) mass is 285 g/mol. The van der Waals surface area contributed by atoms with E-state index in [1.54, 1.807) is 12.4 Å². The van der Waals surface area contributed by atoms with Crippen LogP contribution in [0.2, 0.25) is 0 Å².